The number of amides is 2. The fourth-order valence-corrected chi connectivity index (χ4v) is 4.74. The lowest BCUT2D eigenvalue weighted by molar-refractivity contribution is 0.101. The number of hydrogen-bond acceptors (Lipinski definition) is 5. The molecule has 2 aliphatic rings. The number of fused-ring (bicyclic) bond motifs is 2. The van der Waals surface area contributed by atoms with Crippen molar-refractivity contribution in [2.75, 3.05) is 30.3 Å². The lowest BCUT2D eigenvalue weighted by Crippen LogP contribution is -2.36. The van der Waals surface area contributed by atoms with E-state index in [9.17, 15) is 9.59 Å². The number of hydrogen-bond donors (Lipinski definition) is 2. The van der Waals surface area contributed by atoms with Gasteiger partial charge in [-0.2, -0.15) is 0 Å². The van der Waals surface area contributed by atoms with Crippen LogP contribution in [0.1, 0.15) is 38.4 Å². The van der Waals surface area contributed by atoms with E-state index in [0.29, 0.717) is 34.1 Å². The van der Waals surface area contributed by atoms with Crippen molar-refractivity contribution in [3.05, 3.63) is 94.1 Å². The largest absolute Gasteiger partial charge is 0.493 e. The summed E-state index contributed by atoms with van der Waals surface area (Å²) in [4.78, 5) is 32.9. The van der Waals surface area contributed by atoms with Crippen LogP contribution in [0, 0.1) is 0 Å². The van der Waals surface area contributed by atoms with Crippen LogP contribution >= 0.6 is 11.6 Å². The molecule has 0 radical (unpaired) electrons. The van der Waals surface area contributed by atoms with Crippen molar-refractivity contribution in [3.63, 3.8) is 0 Å². The number of halogens is 1. The van der Waals surface area contributed by atoms with Crippen LogP contribution in [0.3, 0.4) is 0 Å². The molecular formula is C29H25ClN4O3. The standard InChI is InChI=1S/C29H25ClN4O3/c30-24-8-7-22(32-28(35)21-3-2-18-10-13-37-27(18)15-21)16-26(24)33-29(36)20-5-9-25-19(14-20)4-6-23(31-25)17-34-11-1-12-34/h2-9,14-16H,1,10-13,17H2,(H,32,35)(H,33,36). The van der Waals surface area contributed by atoms with E-state index in [1.54, 1.807) is 36.4 Å². The molecule has 1 saturated heterocycles. The number of pyridine rings is 1. The minimum atomic E-state index is -0.298. The van der Waals surface area contributed by atoms with Crippen LogP contribution < -0.4 is 15.4 Å². The Morgan fingerprint density at radius 1 is 0.919 bits per heavy atom. The zero-order valence-electron chi connectivity index (χ0n) is 20.1. The number of rotatable bonds is 6. The van der Waals surface area contributed by atoms with Gasteiger partial charge < -0.3 is 15.4 Å². The molecule has 8 heteroatoms. The average Bonchev–Trinajstić information content (AvgIpc) is 3.36. The molecule has 0 aliphatic carbocycles. The number of carbonyl (C=O) groups excluding carboxylic acids is 2. The summed E-state index contributed by atoms with van der Waals surface area (Å²) in [6, 6.07) is 19.9. The van der Waals surface area contributed by atoms with Crippen LogP contribution in [0.5, 0.6) is 5.75 Å². The zero-order valence-corrected chi connectivity index (χ0v) is 20.8. The third kappa shape index (κ3) is 5.01. The molecule has 2 N–H and O–H groups in total. The molecule has 7 nitrogen and oxygen atoms in total. The molecule has 186 valence electrons. The second-order valence-electron chi connectivity index (χ2n) is 9.36. The first kappa shape index (κ1) is 23.5. The fraction of sp³-hybridized carbons (Fsp3) is 0.207. The maximum Gasteiger partial charge on any atom is 0.255 e. The van der Waals surface area contributed by atoms with Gasteiger partial charge >= 0.3 is 0 Å². The van der Waals surface area contributed by atoms with E-state index < -0.39 is 0 Å². The van der Waals surface area contributed by atoms with Gasteiger partial charge in [0, 0.05) is 35.2 Å². The van der Waals surface area contributed by atoms with E-state index in [1.807, 2.05) is 30.3 Å². The van der Waals surface area contributed by atoms with E-state index in [1.165, 1.54) is 6.42 Å². The normalized spacial score (nSPS) is 14.5. The molecule has 0 atom stereocenters. The van der Waals surface area contributed by atoms with E-state index in [-0.39, 0.29) is 11.8 Å². The van der Waals surface area contributed by atoms with Gasteiger partial charge in [-0.1, -0.05) is 23.7 Å². The highest BCUT2D eigenvalue weighted by molar-refractivity contribution is 6.34. The maximum atomic E-state index is 13.0. The topological polar surface area (TPSA) is 83.6 Å². The van der Waals surface area contributed by atoms with Gasteiger partial charge in [-0.25, -0.2) is 0 Å². The number of carbonyl (C=O) groups is 2. The fourth-order valence-electron chi connectivity index (χ4n) is 4.57. The molecule has 3 aromatic carbocycles. The van der Waals surface area contributed by atoms with Gasteiger partial charge in [0.25, 0.3) is 11.8 Å². The summed E-state index contributed by atoms with van der Waals surface area (Å²) >= 11 is 6.36. The number of likely N-dealkylation sites (tertiary alicyclic amines) is 1. The number of nitrogens with zero attached hydrogens (tertiary/aromatic N) is 2. The van der Waals surface area contributed by atoms with E-state index in [2.05, 4.69) is 15.5 Å². The number of benzene rings is 3. The number of ether oxygens (including phenoxy) is 1. The van der Waals surface area contributed by atoms with Gasteiger partial charge in [0.15, 0.2) is 0 Å². The molecule has 1 fully saturated rings. The second-order valence-corrected chi connectivity index (χ2v) is 9.77. The Labute approximate surface area is 219 Å². The first-order valence-electron chi connectivity index (χ1n) is 12.3. The molecular weight excluding hydrogens is 488 g/mol. The van der Waals surface area contributed by atoms with Crippen molar-refractivity contribution >= 4 is 45.7 Å². The van der Waals surface area contributed by atoms with Gasteiger partial charge in [-0.3, -0.25) is 19.5 Å². The van der Waals surface area contributed by atoms with Gasteiger partial charge in [-0.15, -0.1) is 0 Å². The third-order valence-corrected chi connectivity index (χ3v) is 7.10. The third-order valence-electron chi connectivity index (χ3n) is 6.77. The zero-order chi connectivity index (χ0) is 25.4. The summed E-state index contributed by atoms with van der Waals surface area (Å²) in [5.74, 6) is 0.177. The van der Waals surface area contributed by atoms with Gasteiger partial charge in [0.1, 0.15) is 5.75 Å². The van der Waals surface area contributed by atoms with Crippen LogP contribution in [0.2, 0.25) is 5.02 Å². The Kier molecular flexibility index (Phi) is 6.24. The second kappa shape index (κ2) is 9.84. The number of anilines is 2. The molecule has 0 saturated carbocycles. The van der Waals surface area contributed by atoms with Crippen molar-refractivity contribution < 1.29 is 14.3 Å². The summed E-state index contributed by atoms with van der Waals surface area (Å²) in [6.45, 7) is 3.72. The smallest absolute Gasteiger partial charge is 0.255 e. The SMILES string of the molecule is O=C(Nc1ccc(Cl)c(NC(=O)c2ccc3nc(CN4CCC4)ccc3c2)c1)c1ccc2c(c1)OCC2. The lowest BCUT2D eigenvalue weighted by Gasteiger charge is -2.30. The molecule has 2 amide bonds. The molecule has 4 aromatic rings. The summed E-state index contributed by atoms with van der Waals surface area (Å²) < 4.78 is 5.56. The predicted molar refractivity (Wildman–Crippen MR) is 145 cm³/mol. The summed E-state index contributed by atoms with van der Waals surface area (Å²) in [6.07, 6.45) is 2.10. The van der Waals surface area contributed by atoms with Gasteiger partial charge in [-0.05, 0) is 79.7 Å². The minimum Gasteiger partial charge on any atom is -0.493 e. The van der Waals surface area contributed by atoms with Gasteiger partial charge in [0.2, 0.25) is 0 Å². The Morgan fingerprint density at radius 3 is 2.57 bits per heavy atom. The summed E-state index contributed by atoms with van der Waals surface area (Å²) in [5, 5.41) is 6.99. The van der Waals surface area contributed by atoms with Crippen LogP contribution in [-0.4, -0.2) is 41.4 Å². The summed E-state index contributed by atoms with van der Waals surface area (Å²) in [7, 11) is 0. The Bertz CT molecular complexity index is 1530. The molecule has 0 unspecified atom stereocenters. The van der Waals surface area contributed by atoms with Crippen LogP contribution in [0.4, 0.5) is 11.4 Å². The highest BCUT2D eigenvalue weighted by atomic mass is 35.5. The highest BCUT2D eigenvalue weighted by Crippen LogP contribution is 2.29. The van der Waals surface area contributed by atoms with E-state index in [0.717, 1.165) is 54.0 Å². The maximum absolute atomic E-state index is 13.0. The van der Waals surface area contributed by atoms with E-state index in [4.69, 9.17) is 21.3 Å². The lowest BCUT2D eigenvalue weighted by atomic mass is 10.1. The molecule has 3 heterocycles. The Balaban J connectivity index is 1.16. The van der Waals surface area contributed by atoms with Crippen LogP contribution in [-0.2, 0) is 13.0 Å². The van der Waals surface area contributed by atoms with Crippen molar-refractivity contribution in [3.8, 4) is 5.75 Å². The van der Waals surface area contributed by atoms with Crippen molar-refractivity contribution in [2.45, 2.75) is 19.4 Å². The first-order valence-corrected chi connectivity index (χ1v) is 12.7. The molecule has 1 aromatic heterocycles. The summed E-state index contributed by atoms with van der Waals surface area (Å²) in [5.41, 5.74) is 4.90. The predicted octanol–water partition coefficient (Wildman–Crippen LogP) is 5.53. The van der Waals surface area contributed by atoms with Crippen molar-refractivity contribution in [2.24, 2.45) is 0 Å². The highest BCUT2D eigenvalue weighted by Gasteiger charge is 2.17. The molecule has 0 bridgehead atoms. The first-order chi connectivity index (χ1) is 18.0. The Morgan fingerprint density at radius 2 is 1.73 bits per heavy atom. The minimum absolute atomic E-state index is 0.270. The van der Waals surface area contributed by atoms with Gasteiger partial charge in [0.05, 0.1) is 28.5 Å². The molecule has 2 aliphatic heterocycles. The number of aromatic nitrogens is 1. The van der Waals surface area contributed by atoms with Crippen LogP contribution in [0.15, 0.2) is 66.7 Å². The Hall–Kier alpha value is -3.94. The van der Waals surface area contributed by atoms with Crippen molar-refractivity contribution in [1.29, 1.82) is 0 Å². The van der Waals surface area contributed by atoms with Crippen LogP contribution in [0.25, 0.3) is 10.9 Å². The molecule has 6 rings (SSSR count). The quantitative estimate of drug-likeness (QED) is 0.355. The number of nitrogens with one attached hydrogen (secondary N) is 2. The average molecular weight is 513 g/mol. The van der Waals surface area contributed by atoms with Crippen molar-refractivity contribution in [1.82, 2.24) is 9.88 Å². The van der Waals surface area contributed by atoms with E-state index >= 15 is 0 Å². The molecule has 0 spiro atoms. The monoisotopic (exact) mass is 512 g/mol. The molecule has 37 heavy (non-hydrogen) atoms.